The summed E-state index contributed by atoms with van der Waals surface area (Å²) in [6.07, 6.45) is 1.87. The van der Waals surface area contributed by atoms with Crippen molar-refractivity contribution in [1.82, 2.24) is 0 Å². The second kappa shape index (κ2) is 1.47. The first-order valence-electron chi connectivity index (χ1n) is 1.93. The van der Waals surface area contributed by atoms with E-state index in [9.17, 15) is 9.18 Å². The number of ether oxygens (including phenoxy) is 2. The Morgan fingerprint density at radius 2 is 2.00 bits per heavy atom. The smallest absolute Gasteiger partial charge is 0.426 e. The van der Waals surface area contributed by atoms with Crippen LogP contribution in [0.2, 0.25) is 0 Å². The zero-order valence-corrected chi connectivity index (χ0v) is 3.83. The maximum Gasteiger partial charge on any atom is 0.467 e. The van der Waals surface area contributed by atoms with Gasteiger partial charge < -0.3 is 9.47 Å². The summed E-state index contributed by atoms with van der Waals surface area (Å²) >= 11 is 0. The monoisotopic (exact) mass is 118 g/mol. The summed E-state index contributed by atoms with van der Waals surface area (Å²) in [6.45, 7) is 0. The molecule has 1 aliphatic heterocycles. The lowest BCUT2D eigenvalue weighted by atomic mass is 10.7. The average Bonchev–Trinajstić information content (AvgIpc) is 2.17. The third-order valence-corrected chi connectivity index (χ3v) is 0.654. The standard InChI is InChI=1S/C4H3FO3/c5-4(3-6)7-1-2-8-4/h1-3H. The van der Waals surface area contributed by atoms with E-state index >= 15 is 0 Å². The molecular weight excluding hydrogens is 115 g/mol. The van der Waals surface area contributed by atoms with Gasteiger partial charge in [0, 0.05) is 0 Å². The summed E-state index contributed by atoms with van der Waals surface area (Å²) in [5.41, 5.74) is 0. The SMILES string of the molecule is O=CC1(F)OC=CO1. The highest BCUT2D eigenvalue weighted by atomic mass is 19.2. The largest absolute Gasteiger partial charge is 0.467 e. The summed E-state index contributed by atoms with van der Waals surface area (Å²) in [5, 5.41) is 0. The normalized spacial score (nSPS) is 21.6. The van der Waals surface area contributed by atoms with Crippen LogP contribution in [0, 0.1) is 0 Å². The summed E-state index contributed by atoms with van der Waals surface area (Å²) in [4.78, 5) is 9.66. The molecule has 44 valence electrons. The van der Waals surface area contributed by atoms with Crippen molar-refractivity contribution in [2.45, 2.75) is 6.04 Å². The Hall–Kier alpha value is -1.06. The van der Waals surface area contributed by atoms with Crippen molar-refractivity contribution in [2.75, 3.05) is 0 Å². The zero-order chi connectivity index (χ0) is 6.04. The first kappa shape index (κ1) is 5.08. The van der Waals surface area contributed by atoms with Crippen LogP contribution in [-0.2, 0) is 14.3 Å². The van der Waals surface area contributed by atoms with E-state index in [2.05, 4.69) is 9.47 Å². The number of aldehydes is 1. The molecule has 1 heterocycles. The minimum atomic E-state index is -2.56. The molecule has 0 N–H and O–H groups in total. The molecule has 3 nitrogen and oxygen atoms in total. The van der Waals surface area contributed by atoms with Gasteiger partial charge in [-0.05, 0) is 0 Å². The second-order valence-electron chi connectivity index (χ2n) is 1.21. The van der Waals surface area contributed by atoms with Gasteiger partial charge in [0.25, 0.3) is 0 Å². The zero-order valence-electron chi connectivity index (χ0n) is 3.83. The number of alkyl halides is 1. The predicted octanol–water partition coefficient (Wildman–Crippen LogP) is 0.327. The van der Waals surface area contributed by atoms with Crippen LogP contribution in [0.3, 0.4) is 0 Å². The van der Waals surface area contributed by atoms with Crippen molar-refractivity contribution >= 4 is 6.29 Å². The van der Waals surface area contributed by atoms with E-state index in [-0.39, 0.29) is 6.29 Å². The highest BCUT2D eigenvalue weighted by molar-refractivity contribution is 5.58. The molecule has 0 atom stereocenters. The Labute approximate surface area is 44.7 Å². The fourth-order valence-corrected chi connectivity index (χ4v) is 0.324. The lowest BCUT2D eigenvalue weighted by Gasteiger charge is -2.07. The van der Waals surface area contributed by atoms with Crippen LogP contribution >= 0.6 is 0 Å². The fraction of sp³-hybridized carbons (Fsp3) is 0.250. The summed E-state index contributed by atoms with van der Waals surface area (Å²) < 4.78 is 20.3. The van der Waals surface area contributed by atoms with Gasteiger partial charge in [0.05, 0.1) is 0 Å². The van der Waals surface area contributed by atoms with E-state index < -0.39 is 6.04 Å². The molecule has 0 saturated carbocycles. The number of carbonyl (C=O) groups excluding carboxylic acids is 1. The van der Waals surface area contributed by atoms with E-state index in [1.54, 1.807) is 0 Å². The van der Waals surface area contributed by atoms with E-state index in [1.165, 1.54) is 0 Å². The van der Waals surface area contributed by atoms with Crippen molar-refractivity contribution in [3.05, 3.63) is 12.5 Å². The van der Waals surface area contributed by atoms with Gasteiger partial charge in [0.1, 0.15) is 12.5 Å². The quantitative estimate of drug-likeness (QED) is 0.465. The topological polar surface area (TPSA) is 35.5 Å². The lowest BCUT2D eigenvalue weighted by molar-refractivity contribution is -0.218. The van der Waals surface area contributed by atoms with Crippen molar-refractivity contribution in [3.63, 3.8) is 0 Å². The summed E-state index contributed by atoms with van der Waals surface area (Å²) in [7, 11) is 0. The summed E-state index contributed by atoms with van der Waals surface area (Å²) in [5.74, 6) is 0. The van der Waals surface area contributed by atoms with Gasteiger partial charge in [0.2, 0.25) is 6.29 Å². The van der Waals surface area contributed by atoms with Gasteiger partial charge in [-0.15, -0.1) is 4.39 Å². The molecule has 0 amide bonds. The minimum Gasteiger partial charge on any atom is -0.426 e. The Morgan fingerprint density at radius 3 is 2.25 bits per heavy atom. The maximum absolute atomic E-state index is 12.2. The van der Waals surface area contributed by atoms with E-state index in [0.717, 1.165) is 12.5 Å². The van der Waals surface area contributed by atoms with Crippen LogP contribution in [0.5, 0.6) is 0 Å². The van der Waals surface area contributed by atoms with Crippen LogP contribution in [-0.4, -0.2) is 12.3 Å². The Balaban J connectivity index is 2.58. The van der Waals surface area contributed by atoms with Crippen LogP contribution < -0.4 is 0 Å². The minimum absolute atomic E-state index is 0.0625. The van der Waals surface area contributed by atoms with E-state index in [1.807, 2.05) is 0 Å². The third kappa shape index (κ3) is 0.641. The van der Waals surface area contributed by atoms with E-state index in [4.69, 9.17) is 0 Å². The van der Waals surface area contributed by atoms with Crippen LogP contribution in [0.4, 0.5) is 4.39 Å². The molecule has 4 heteroatoms. The molecule has 1 rings (SSSR count). The van der Waals surface area contributed by atoms with Crippen molar-refractivity contribution < 1.29 is 18.7 Å². The summed E-state index contributed by atoms with van der Waals surface area (Å²) in [6, 6.07) is -2.56. The number of halogens is 1. The molecule has 0 aromatic heterocycles. The predicted molar refractivity (Wildman–Crippen MR) is 21.2 cm³/mol. The highest BCUT2D eigenvalue weighted by Gasteiger charge is 2.35. The van der Waals surface area contributed by atoms with Gasteiger partial charge >= 0.3 is 6.04 Å². The fourth-order valence-electron chi connectivity index (χ4n) is 0.324. The van der Waals surface area contributed by atoms with E-state index in [0.29, 0.717) is 0 Å². The number of rotatable bonds is 1. The van der Waals surface area contributed by atoms with Gasteiger partial charge in [-0.1, -0.05) is 0 Å². The van der Waals surface area contributed by atoms with Gasteiger partial charge in [-0.3, -0.25) is 4.79 Å². The molecular formula is C4H3FO3. The number of hydrogen-bond acceptors (Lipinski definition) is 3. The highest BCUT2D eigenvalue weighted by Crippen LogP contribution is 2.17. The second-order valence-corrected chi connectivity index (χ2v) is 1.21. The molecule has 0 bridgehead atoms. The molecule has 0 spiro atoms. The molecule has 0 aromatic carbocycles. The molecule has 0 fully saturated rings. The van der Waals surface area contributed by atoms with Gasteiger partial charge in [0.15, 0.2) is 0 Å². The first-order valence-corrected chi connectivity index (χ1v) is 1.93. The molecule has 0 radical (unpaired) electrons. The van der Waals surface area contributed by atoms with Crippen molar-refractivity contribution in [1.29, 1.82) is 0 Å². The molecule has 0 aromatic rings. The van der Waals surface area contributed by atoms with Crippen LogP contribution in [0.1, 0.15) is 0 Å². The van der Waals surface area contributed by atoms with Gasteiger partial charge in [-0.25, -0.2) is 0 Å². The van der Waals surface area contributed by atoms with Crippen LogP contribution in [0.15, 0.2) is 12.5 Å². The molecule has 0 aliphatic carbocycles. The molecule has 8 heavy (non-hydrogen) atoms. The third-order valence-electron chi connectivity index (χ3n) is 0.654. The van der Waals surface area contributed by atoms with Crippen molar-refractivity contribution in [3.8, 4) is 0 Å². The molecule has 0 saturated heterocycles. The van der Waals surface area contributed by atoms with Crippen molar-refractivity contribution in [2.24, 2.45) is 0 Å². The Bertz CT molecular complexity index is 123. The Kier molecular flexibility index (Phi) is 0.932. The number of hydrogen-bond donors (Lipinski definition) is 0. The average molecular weight is 118 g/mol. The first-order chi connectivity index (χ1) is 3.77. The molecule has 1 aliphatic rings. The Morgan fingerprint density at radius 1 is 1.50 bits per heavy atom. The lowest BCUT2D eigenvalue weighted by Crippen LogP contribution is -2.24. The van der Waals surface area contributed by atoms with Crippen LogP contribution in [0.25, 0.3) is 0 Å². The number of carbonyl (C=O) groups is 1. The molecule has 0 unspecified atom stereocenters. The maximum atomic E-state index is 12.2. The van der Waals surface area contributed by atoms with Gasteiger partial charge in [-0.2, -0.15) is 0 Å².